The van der Waals surface area contributed by atoms with Crippen LogP contribution in [0.15, 0.2) is 12.3 Å². The molecule has 0 atom stereocenters. The number of hydrogen-bond acceptors (Lipinski definition) is 5. The Labute approximate surface area is 172 Å². The molecule has 29 heavy (non-hydrogen) atoms. The maximum atomic E-state index is 13.1. The molecule has 1 amide bonds. The van der Waals surface area contributed by atoms with Crippen molar-refractivity contribution in [3.8, 4) is 0 Å². The van der Waals surface area contributed by atoms with E-state index in [-0.39, 0.29) is 17.5 Å². The van der Waals surface area contributed by atoms with E-state index < -0.39 is 0 Å². The molecule has 0 bridgehead atoms. The van der Waals surface area contributed by atoms with Gasteiger partial charge >= 0.3 is 0 Å². The normalized spacial score (nSPS) is 20.3. The van der Waals surface area contributed by atoms with Crippen molar-refractivity contribution < 1.29 is 9.53 Å². The van der Waals surface area contributed by atoms with Gasteiger partial charge in [-0.2, -0.15) is 5.10 Å². The lowest BCUT2D eigenvalue weighted by molar-refractivity contribution is -0.0361. The molecule has 1 saturated carbocycles. The molecule has 7 nitrogen and oxygen atoms in total. The summed E-state index contributed by atoms with van der Waals surface area (Å²) in [6.07, 6.45) is 7.84. The minimum absolute atomic E-state index is 0.0348. The molecule has 0 aromatic carbocycles. The molecule has 2 fully saturated rings. The molecule has 158 valence electrons. The summed E-state index contributed by atoms with van der Waals surface area (Å²) in [4.78, 5) is 20.3. The Morgan fingerprint density at radius 2 is 1.97 bits per heavy atom. The van der Waals surface area contributed by atoms with Crippen LogP contribution in [-0.4, -0.2) is 64.0 Å². The first-order valence-electron chi connectivity index (χ1n) is 11.0. The Bertz CT molecular complexity index is 863. The van der Waals surface area contributed by atoms with Crippen molar-refractivity contribution in [2.75, 3.05) is 32.8 Å². The number of rotatable bonds is 5. The van der Waals surface area contributed by atoms with Crippen molar-refractivity contribution >= 4 is 16.9 Å². The van der Waals surface area contributed by atoms with Gasteiger partial charge in [0.05, 0.1) is 30.7 Å². The average Bonchev–Trinajstić information content (AvgIpc) is 3.16. The topological polar surface area (TPSA) is 72.3 Å². The van der Waals surface area contributed by atoms with Crippen LogP contribution in [0.25, 0.3) is 11.0 Å². The Kier molecular flexibility index (Phi) is 5.88. The number of morpholine rings is 1. The number of nitrogens with one attached hydrogen (secondary N) is 1. The summed E-state index contributed by atoms with van der Waals surface area (Å²) in [7, 11) is 0. The van der Waals surface area contributed by atoms with Gasteiger partial charge in [0.1, 0.15) is 0 Å². The molecule has 1 aliphatic heterocycles. The number of carbonyl (C=O) groups is 1. The van der Waals surface area contributed by atoms with E-state index in [1.807, 2.05) is 17.7 Å². The van der Waals surface area contributed by atoms with E-state index in [1.54, 1.807) is 6.20 Å². The lowest BCUT2D eigenvalue weighted by Gasteiger charge is -2.48. The summed E-state index contributed by atoms with van der Waals surface area (Å²) in [5, 5.41) is 8.60. The number of aromatic nitrogens is 3. The molecule has 2 aromatic heterocycles. The van der Waals surface area contributed by atoms with Crippen molar-refractivity contribution in [1.82, 2.24) is 25.0 Å². The number of ether oxygens (including phenoxy) is 1. The van der Waals surface area contributed by atoms with Gasteiger partial charge in [0.25, 0.3) is 5.91 Å². The summed E-state index contributed by atoms with van der Waals surface area (Å²) >= 11 is 0. The molecule has 0 spiro atoms. The van der Waals surface area contributed by atoms with Crippen LogP contribution in [-0.2, 0) is 4.74 Å². The lowest BCUT2D eigenvalue weighted by atomic mass is 9.79. The van der Waals surface area contributed by atoms with Crippen molar-refractivity contribution in [3.05, 3.63) is 23.5 Å². The molecule has 7 heteroatoms. The second kappa shape index (κ2) is 8.40. The van der Waals surface area contributed by atoms with Gasteiger partial charge in [0.15, 0.2) is 5.65 Å². The first-order chi connectivity index (χ1) is 14.0. The van der Waals surface area contributed by atoms with Crippen LogP contribution in [0.4, 0.5) is 0 Å². The lowest BCUT2D eigenvalue weighted by Crippen LogP contribution is -2.59. The Morgan fingerprint density at radius 1 is 1.24 bits per heavy atom. The SMILES string of the molecule is Cc1nc2c(cnn2C(C)C)cc1C(=O)NCC1(N2CCOCC2)CCCCC1. The molecular weight excluding hydrogens is 366 g/mol. The highest BCUT2D eigenvalue weighted by atomic mass is 16.5. The highest BCUT2D eigenvalue weighted by Crippen LogP contribution is 2.34. The third kappa shape index (κ3) is 4.03. The smallest absolute Gasteiger partial charge is 0.253 e. The summed E-state index contributed by atoms with van der Waals surface area (Å²) in [5.41, 5.74) is 2.30. The number of hydrogen-bond donors (Lipinski definition) is 1. The van der Waals surface area contributed by atoms with Crippen molar-refractivity contribution in [2.24, 2.45) is 0 Å². The van der Waals surface area contributed by atoms with Gasteiger partial charge in [-0.3, -0.25) is 9.69 Å². The zero-order valence-electron chi connectivity index (χ0n) is 17.9. The summed E-state index contributed by atoms with van der Waals surface area (Å²) in [6.45, 7) is 10.2. The van der Waals surface area contributed by atoms with E-state index >= 15 is 0 Å². The van der Waals surface area contributed by atoms with E-state index in [0.29, 0.717) is 12.1 Å². The van der Waals surface area contributed by atoms with Crippen LogP contribution in [0.3, 0.4) is 0 Å². The van der Waals surface area contributed by atoms with Gasteiger partial charge in [-0.1, -0.05) is 19.3 Å². The van der Waals surface area contributed by atoms with E-state index in [1.165, 1.54) is 19.3 Å². The quantitative estimate of drug-likeness (QED) is 0.836. The first kappa shape index (κ1) is 20.3. The fraction of sp³-hybridized carbons (Fsp3) is 0.682. The first-order valence-corrected chi connectivity index (χ1v) is 11.0. The molecule has 2 aliphatic rings. The van der Waals surface area contributed by atoms with Crippen LogP contribution in [0.2, 0.25) is 0 Å². The number of carbonyl (C=O) groups excluding carboxylic acids is 1. The maximum Gasteiger partial charge on any atom is 0.253 e. The predicted molar refractivity (Wildman–Crippen MR) is 113 cm³/mol. The van der Waals surface area contributed by atoms with Gasteiger partial charge < -0.3 is 10.1 Å². The van der Waals surface area contributed by atoms with Crippen molar-refractivity contribution in [3.63, 3.8) is 0 Å². The van der Waals surface area contributed by atoms with Gasteiger partial charge in [-0.05, 0) is 39.7 Å². The molecule has 3 heterocycles. The van der Waals surface area contributed by atoms with Gasteiger partial charge in [-0.15, -0.1) is 0 Å². The fourth-order valence-corrected chi connectivity index (χ4v) is 4.87. The van der Waals surface area contributed by atoms with Crippen LogP contribution in [0.1, 0.15) is 68.0 Å². The third-order valence-electron chi connectivity index (χ3n) is 6.54. The molecule has 0 unspecified atom stereocenters. The zero-order chi connectivity index (χ0) is 20.4. The van der Waals surface area contributed by atoms with Gasteiger partial charge in [-0.25, -0.2) is 9.67 Å². The summed E-state index contributed by atoms with van der Waals surface area (Å²) in [5.74, 6) is -0.0348. The minimum Gasteiger partial charge on any atom is -0.379 e. The summed E-state index contributed by atoms with van der Waals surface area (Å²) in [6, 6.07) is 2.17. The van der Waals surface area contributed by atoms with Crippen molar-refractivity contribution in [1.29, 1.82) is 0 Å². The summed E-state index contributed by atoms with van der Waals surface area (Å²) < 4.78 is 7.46. The number of nitrogens with zero attached hydrogens (tertiary/aromatic N) is 4. The van der Waals surface area contributed by atoms with Crippen molar-refractivity contribution in [2.45, 2.75) is 64.5 Å². The number of amides is 1. The largest absolute Gasteiger partial charge is 0.379 e. The molecule has 1 saturated heterocycles. The second-order valence-corrected chi connectivity index (χ2v) is 8.78. The number of aryl methyl sites for hydroxylation is 1. The number of fused-ring (bicyclic) bond motifs is 1. The van der Waals surface area contributed by atoms with Crippen LogP contribution in [0, 0.1) is 6.92 Å². The maximum absolute atomic E-state index is 13.1. The van der Waals surface area contributed by atoms with Crippen LogP contribution in [0.5, 0.6) is 0 Å². The average molecular weight is 400 g/mol. The molecule has 4 rings (SSSR count). The van der Waals surface area contributed by atoms with Crippen LogP contribution < -0.4 is 5.32 Å². The molecule has 1 N–H and O–H groups in total. The van der Waals surface area contributed by atoms with E-state index in [9.17, 15) is 4.79 Å². The Hall–Kier alpha value is -1.99. The standard InChI is InChI=1S/C22H33N5O2/c1-16(2)27-20-18(14-24-27)13-19(17(3)25-20)21(28)23-15-22(7-5-4-6-8-22)26-9-11-29-12-10-26/h13-14,16H,4-12,15H2,1-3H3,(H,23,28). The van der Waals surface area contributed by atoms with E-state index in [2.05, 4.69) is 29.2 Å². The highest BCUT2D eigenvalue weighted by Gasteiger charge is 2.39. The Balaban J connectivity index is 1.52. The second-order valence-electron chi connectivity index (χ2n) is 8.78. The zero-order valence-corrected chi connectivity index (χ0v) is 17.9. The van der Waals surface area contributed by atoms with Gasteiger partial charge in [0.2, 0.25) is 0 Å². The predicted octanol–water partition coefficient (Wildman–Crippen LogP) is 3.09. The minimum atomic E-state index is -0.0348. The van der Waals surface area contributed by atoms with Crippen LogP contribution >= 0.6 is 0 Å². The monoisotopic (exact) mass is 399 g/mol. The van der Waals surface area contributed by atoms with Gasteiger partial charge in [0, 0.05) is 36.6 Å². The molecular formula is C22H33N5O2. The molecule has 1 aliphatic carbocycles. The fourth-order valence-electron chi connectivity index (χ4n) is 4.87. The Morgan fingerprint density at radius 3 is 2.66 bits per heavy atom. The molecule has 2 aromatic rings. The number of pyridine rings is 1. The molecule has 0 radical (unpaired) electrons. The van der Waals surface area contributed by atoms with E-state index in [4.69, 9.17) is 9.72 Å². The third-order valence-corrected chi connectivity index (χ3v) is 6.54. The highest BCUT2D eigenvalue weighted by molar-refractivity contribution is 5.98. The van der Waals surface area contributed by atoms with E-state index in [0.717, 1.165) is 55.9 Å².